The molecular weight excluding hydrogens is 451 g/mol. The van der Waals surface area contributed by atoms with E-state index < -0.39 is 15.9 Å². The van der Waals surface area contributed by atoms with Gasteiger partial charge in [-0.3, -0.25) is 4.79 Å². The summed E-state index contributed by atoms with van der Waals surface area (Å²) in [6.07, 6.45) is 2.75. The van der Waals surface area contributed by atoms with E-state index in [-0.39, 0.29) is 5.91 Å². The van der Waals surface area contributed by atoms with Crippen molar-refractivity contribution in [1.82, 2.24) is 5.32 Å². The summed E-state index contributed by atoms with van der Waals surface area (Å²) in [6.45, 7) is 0. The van der Waals surface area contributed by atoms with Crippen LogP contribution in [0.1, 0.15) is 43.3 Å². The average Bonchev–Trinajstić information content (AvgIpc) is 3.27. The highest BCUT2D eigenvalue weighted by molar-refractivity contribution is 7.16. The third kappa shape index (κ3) is 4.71. The number of hydrogen-bond donors (Lipinski definition) is 2. The summed E-state index contributed by atoms with van der Waals surface area (Å²) in [7, 11) is 1.34. The number of halogens is 3. The zero-order chi connectivity index (χ0) is 19.6. The molecule has 0 saturated carbocycles. The Labute approximate surface area is 179 Å². The zero-order valence-electron chi connectivity index (χ0n) is 14.3. The number of carbonyl (C=O) groups is 2. The second kappa shape index (κ2) is 8.57. The summed E-state index contributed by atoms with van der Waals surface area (Å²) in [5.41, 5.74) is 1.44. The molecule has 2 N–H and O–H groups in total. The van der Waals surface area contributed by atoms with Gasteiger partial charge < -0.3 is 15.4 Å². The van der Waals surface area contributed by atoms with Gasteiger partial charge >= 0.3 is 5.97 Å². The van der Waals surface area contributed by atoms with Crippen molar-refractivity contribution < 1.29 is 14.3 Å². The second-order valence-corrected chi connectivity index (χ2v) is 10.4. The molecule has 1 aliphatic carbocycles. The zero-order valence-corrected chi connectivity index (χ0v) is 18.2. The normalized spacial score (nSPS) is 15.0. The monoisotopic (exact) mass is 466 g/mol. The lowest BCUT2D eigenvalue weighted by Gasteiger charge is -2.27. The van der Waals surface area contributed by atoms with E-state index >= 15 is 0 Å². The number of carbonyl (C=O) groups excluding carboxylic acids is 2. The molecule has 1 atom stereocenters. The summed E-state index contributed by atoms with van der Waals surface area (Å²) in [5, 5.41) is 8.06. The summed E-state index contributed by atoms with van der Waals surface area (Å²) < 4.78 is 3.12. The molecule has 1 amide bonds. The van der Waals surface area contributed by atoms with Crippen LogP contribution in [-0.2, 0) is 17.6 Å². The van der Waals surface area contributed by atoms with Crippen LogP contribution in [-0.4, -0.2) is 28.9 Å². The van der Waals surface area contributed by atoms with Gasteiger partial charge in [-0.25, -0.2) is 4.79 Å². The van der Waals surface area contributed by atoms with E-state index in [4.69, 9.17) is 39.5 Å². The number of fused-ring (bicyclic) bond motifs is 1. The SMILES string of the molecule is COC(=O)c1c(N[C@@H](NC(=O)c2cccs2)C(Cl)(Cl)Cl)sc2c1CCCC2. The number of thiophene rings is 2. The van der Waals surface area contributed by atoms with E-state index in [1.165, 1.54) is 29.8 Å². The highest BCUT2D eigenvalue weighted by Crippen LogP contribution is 2.40. The lowest BCUT2D eigenvalue weighted by molar-refractivity contribution is 0.0600. The summed E-state index contributed by atoms with van der Waals surface area (Å²) >= 11 is 21.0. The molecule has 0 aliphatic heterocycles. The molecule has 27 heavy (non-hydrogen) atoms. The number of nitrogens with one attached hydrogen (secondary N) is 2. The maximum Gasteiger partial charge on any atom is 0.341 e. The Kier molecular flexibility index (Phi) is 6.58. The van der Waals surface area contributed by atoms with Crippen LogP contribution in [0.25, 0.3) is 0 Å². The van der Waals surface area contributed by atoms with E-state index in [1.807, 2.05) is 0 Å². The molecule has 0 bridgehead atoms. The molecule has 0 spiro atoms. The Hall–Kier alpha value is -0.990. The average molecular weight is 468 g/mol. The number of anilines is 1. The van der Waals surface area contributed by atoms with Crippen molar-refractivity contribution in [2.24, 2.45) is 0 Å². The van der Waals surface area contributed by atoms with Gasteiger partial charge in [0.2, 0.25) is 3.79 Å². The van der Waals surface area contributed by atoms with Crippen molar-refractivity contribution in [3.05, 3.63) is 38.4 Å². The fourth-order valence-electron chi connectivity index (χ4n) is 2.93. The highest BCUT2D eigenvalue weighted by atomic mass is 35.6. The van der Waals surface area contributed by atoms with Crippen LogP contribution in [0.3, 0.4) is 0 Å². The van der Waals surface area contributed by atoms with Crippen LogP contribution in [0.5, 0.6) is 0 Å². The van der Waals surface area contributed by atoms with Gasteiger partial charge in [0.25, 0.3) is 5.91 Å². The molecule has 0 unspecified atom stereocenters. The van der Waals surface area contributed by atoms with Gasteiger partial charge in [-0.15, -0.1) is 22.7 Å². The first-order chi connectivity index (χ1) is 12.8. The van der Waals surface area contributed by atoms with E-state index in [0.717, 1.165) is 36.1 Å². The first kappa shape index (κ1) is 20.7. The summed E-state index contributed by atoms with van der Waals surface area (Å²) in [4.78, 5) is 26.4. The lowest BCUT2D eigenvalue weighted by Crippen LogP contribution is -2.49. The topological polar surface area (TPSA) is 67.4 Å². The maximum absolute atomic E-state index is 12.4. The minimum Gasteiger partial charge on any atom is -0.465 e. The molecule has 0 fully saturated rings. The Bertz CT molecular complexity index is 831. The van der Waals surface area contributed by atoms with E-state index in [2.05, 4.69) is 10.6 Å². The molecule has 3 rings (SSSR count). The van der Waals surface area contributed by atoms with Crippen LogP contribution in [0.15, 0.2) is 17.5 Å². The van der Waals surface area contributed by atoms with Crippen LogP contribution < -0.4 is 10.6 Å². The third-order valence-electron chi connectivity index (χ3n) is 4.18. The second-order valence-electron chi connectivity index (χ2n) is 5.98. The van der Waals surface area contributed by atoms with Crippen molar-refractivity contribution in [3.63, 3.8) is 0 Å². The van der Waals surface area contributed by atoms with Crippen LogP contribution in [0.2, 0.25) is 0 Å². The minimum atomic E-state index is -1.83. The molecule has 0 saturated heterocycles. The van der Waals surface area contributed by atoms with E-state index in [1.54, 1.807) is 17.5 Å². The molecule has 0 aromatic carbocycles. The number of amides is 1. The number of methoxy groups -OCH3 is 1. The first-order valence-electron chi connectivity index (χ1n) is 8.21. The quantitative estimate of drug-likeness (QED) is 0.368. The predicted molar refractivity (Wildman–Crippen MR) is 112 cm³/mol. The number of rotatable bonds is 5. The maximum atomic E-state index is 12.4. The number of aryl methyl sites for hydroxylation is 1. The molecule has 1 aliphatic rings. The summed E-state index contributed by atoms with van der Waals surface area (Å²) in [5.74, 6) is -0.806. The van der Waals surface area contributed by atoms with Crippen molar-refractivity contribution in [2.45, 2.75) is 35.6 Å². The fourth-order valence-corrected chi connectivity index (χ4v) is 5.19. The number of alkyl halides is 3. The molecular formula is C17H17Cl3N2O3S2. The van der Waals surface area contributed by atoms with Crippen molar-refractivity contribution >= 4 is 74.4 Å². The van der Waals surface area contributed by atoms with Crippen molar-refractivity contribution in [2.75, 3.05) is 12.4 Å². The van der Waals surface area contributed by atoms with Gasteiger partial charge in [0, 0.05) is 4.88 Å². The number of ether oxygens (including phenoxy) is 1. The van der Waals surface area contributed by atoms with Gasteiger partial charge in [0.05, 0.1) is 17.6 Å². The molecule has 2 aromatic rings. The molecule has 146 valence electrons. The largest absolute Gasteiger partial charge is 0.465 e. The smallest absolute Gasteiger partial charge is 0.341 e. The van der Waals surface area contributed by atoms with Crippen LogP contribution in [0.4, 0.5) is 5.00 Å². The first-order valence-corrected chi connectivity index (χ1v) is 11.0. The molecule has 0 radical (unpaired) electrons. The van der Waals surface area contributed by atoms with E-state index in [0.29, 0.717) is 15.4 Å². The molecule has 2 aromatic heterocycles. The molecule has 10 heteroatoms. The van der Waals surface area contributed by atoms with Gasteiger partial charge in [0.1, 0.15) is 11.2 Å². The predicted octanol–water partition coefficient (Wildman–Crippen LogP) is 5.01. The third-order valence-corrected chi connectivity index (χ3v) is 6.93. The van der Waals surface area contributed by atoms with Gasteiger partial charge in [-0.05, 0) is 42.7 Å². The Morgan fingerprint density at radius 2 is 2.00 bits per heavy atom. The van der Waals surface area contributed by atoms with Gasteiger partial charge in [-0.2, -0.15) is 0 Å². The highest BCUT2D eigenvalue weighted by Gasteiger charge is 2.37. The van der Waals surface area contributed by atoms with Crippen molar-refractivity contribution in [3.8, 4) is 0 Å². The Balaban J connectivity index is 1.91. The Morgan fingerprint density at radius 3 is 2.63 bits per heavy atom. The fraction of sp³-hybridized carbons (Fsp3) is 0.412. The standard InChI is InChI=1S/C17H17Cl3N2O3S2/c1-25-15(24)12-9-5-2-3-6-10(9)27-14(12)22-16(17(18,19)20)21-13(23)11-7-4-8-26-11/h4,7-8,16,22H,2-3,5-6H2,1H3,(H,21,23)/t16-/m1/s1. The minimum absolute atomic E-state index is 0.366. The number of esters is 1. The summed E-state index contributed by atoms with van der Waals surface area (Å²) in [6, 6.07) is 3.44. The number of hydrogen-bond acceptors (Lipinski definition) is 6. The van der Waals surface area contributed by atoms with Crippen LogP contribution in [0, 0.1) is 0 Å². The lowest BCUT2D eigenvalue weighted by atomic mass is 9.95. The molecule has 2 heterocycles. The van der Waals surface area contributed by atoms with Gasteiger partial charge in [0.15, 0.2) is 0 Å². The van der Waals surface area contributed by atoms with Crippen LogP contribution >= 0.6 is 57.5 Å². The molecule has 5 nitrogen and oxygen atoms in total. The van der Waals surface area contributed by atoms with Crippen molar-refractivity contribution in [1.29, 1.82) is 0 Å². The van der Waals surface area contributed by atoms with E-state index in [9.17, 15) is 9.59 Å². The van der Waals surface area contributed by atoms with Gasteiger partial charge in [-0.1, -0.05) is 40.9 Å². The Morgan fingerprint density at radius 1 is 1.26 bits per heavy atom.